The summed E-state index contributed by atoms with van der Waals surface area (Å²) < 4.78 is 0. The number of benzene rings is 3. The van der Waals surface area contributed by atoms with Gasteiger partial charge in [-0.3, -0.25) is 4.79 Å². The van der Waals surface area contributed by atoms with Crippen molar-refractivity contribution in [1.29, 1.82) is 0 Å². The van der Waals surface area contributed by atoms with Crippen molar-refractivity contribution in [3.05, 3.63) is 60.2 Å². The topological polar surface area (TPSA) is 60.8 Å². The van der Waals surface area contributed by atoms with Gasteiger partial charge >= 0.3 is 0 Å². The van der Waals surface area contributed by atoms with E-state index in [2.05, 4.69) is 0 Å². The second-order valence-electron chi connectivity index (χ2n) is 6.80. The van der Waals surface area contributed by atoms with Crippen molar-refractivity contribution in [3.8, 4) is 22.6 Å². The molecule has 0 radical (unpaired) electrons. The number of rotatable bonds is 2. The smallest absolute Gasteiger partial charge is 0.258 e. The highest BCUT2D eigenvalue weighted by molar-refractivity contribution is 6.10. The fourth-order valence-corrected chi connectivity index (χ4v) is 3.66. The van der Waals surface area contributed by atoms with Gasteiger partial charge in [-0.05, 0) is 65.4 Å². The summed E-state index contributed by atoms with van der Waals surface area (Å²) in [6, 6.07) is 16.3. The highest BCUT2D eigenvalue weighted by Gasteiger charge is 2.23. The first-order chi connectivity index (χ1) is 12.6. The van der Waals surface area contributed by atoms with Gasteiger partial charge in [0, 0.05) is 13.1 Å². The molecule has 0 saturated carbocycles. The molecule has 0 atom stereocenters. The molecule has 0 spiro atoms. The summed E-state index contributed by atoms with van der Waals surface area (Å²) in [6.07, 6.45) is 3.18. The van der Waals surface area contributed by atoms with Crippen LogP contribution in [0.2, 0.25) is 0 Å². The zero-order valence-corrected chi connectivity index (χ0v) is 14.5. The number of hydrogen-bond acceptors (Lipinski definition) is 3. The van der Waals surface area contributed by atoms with Gasteiger partial charge < -0.3 is 15.1 Å². The lowest BCUT2D eigenvalue weighted by molar-refractivity contribution is 0.0723. The predicted molar refractivity (Wildman–Crippen MR) is 102 cm³/mol. The maximum absolute atomic E-state index is 13.0. The lowest BCUT2D eigenvalue weighted by atomic mass is 9.97. The molecule has 4 nitrogen and oxygen atoms in total. The van der Waals surface area contributed by atoms with E-state index in [9.17, 15) is 15.0 Å². The third-order valence-corrected chi connectivity index (χ3v) is 5.03. The number of nitrogens with zero attached hydrogens (tertiary/aromatic N) is 1. The van der Waals surface area contributed by atoms with Crippen LogP contribution in [0.1, 0.15) is 29.6 Å². The number of phenolic OH excluding ortho intramolecular Hbond substituents is 2. The van der Waals surface area contributed by atoms with Crippen molar-refractivity contribution in [2.75, 3.05) is 13.1 Å². The predicted octanol–water partition coefficient (Wildman–Crippen LogP) is 4.54. The minimum atomic E-state index is -0.0992. The van der Waals surface area contributed by atoms with E-state index in [1.807, 2.05) is 35.2 Å². The van der Waals surface area contributed by atoms with Gasteiger partial charge in [0.1, 0.15) is 11.5 Å². The molecule has 3 aromatic rings. The van der Waals surface area contributed by atoms with Crippen LogP contribution in [0, 0.1) is 0 Å². The van der Waals surface area contributed by atoms with Crippen molar-refractivity contribution < 1.29 is 15.0 Å². The number of hydrogen-bond donors (Lipinski definition) is 2. The van der Waals surface area contributed by atoms with Gasteiger partial charge in [-0.1, -0.05) is 30.3 Å². The van der Waals surface area contributed by atoms with Crippen LogP contribution in [-0.4, -0.2) is 34.1 Å². The molecule has 1 saturated heterocycles. The van der Waals surface area contributed by atoms with Gasteiger partial charge in [-0.15, -0.1) is 0 Å². The third-order valence-electron chi connectivity index (χ3n) is 5.03. The highest BCUT2D eigenvalue weighted by Crippen LogP contribution is 2.33. The quantitative estimate of drug-likeness (QED) is 0.715. The number of carbonyl (C=O) groups excluding carboxylic acids is 1. The normalized spacial score (nSPS) is 14.5. The molecule has 1 aliphatic rings. The van der Waals surface area contributed by atoms with Crippen LogP contribution in [0.25, 0.3) is 21.9 Å². The van der Waals surface area contributed by atoms with E-state index in [0.717, 1.165) is 54.3 Å². The van der Waals surface area contributed by atoms with Gasteiger partial charge in [0.25, 0.3) is 5.91 Å². The summed E-state index contributed by atoms with van der Waals surface area (Å²) in [6.45, 7) is 1.49. The first kappa shape index (κ1) is 16.5. The fourth-order valence-electron chi connectivity index (χ4n) is 3.66. The van der Waals surface area contributed by atoms with Crippen LogP contribution in [-0.2, 0) is 0 Å². The minimum Gasteiger partial charge on any atom is -0.508 e. The lowest BCUT2D eigenvalue weighted by Gasteiger charge is -2.27. The number of amides is 1. The van der Waals surface area contributed by atoms with Crippen LogP contribution in [0.5, 0.6) is 11.5 Å². The molecule has 0 aromatic heterocycles. The Morgan fingerprint density at radius 1 is 0.846 bits per heavy atom. The first-order valence-corrected chi connectivity index (χ1v) is 8.98. The van der Waals surface area contributed by atoms with Crippen molar-refractivity contribution >= 4 is 16.7 Å². The summed E-state index contributed by atoms with van der Waals surface area (Å²) in [5.41, 5.74) is 2.24. The van der Waals surface area contributed by atoms with Gasteiger partial charge in [0.15, 0.2) is 0 Å². The van der Waals surface area contributed by atoms with Crippen LogP contribution >= 0.6 is 0 Å². The van der Waals surface area contributed by atoms with Gasteiger partial charge in [-0.25, -0.2) is 0 Å². The number of phenols is 2. The number of piperidine rings is 1. The fraction of sp³-hybridized carbons (Fsp3) is 0.227. The van der Waals surface area contributed by atoms with E-state index < -0.39 is 0 Å². The molecule has 1 aliphatic heterocycles. The summed E-state index contributed by atoms with van der Waals surface area (Å²) in [5.74, 6) is 0.144. The Morgan fingerprint density at radius 3 is 2.38 bits per heavy atom. The Bertz CT molecular complexity index is 974. The zero-order valence-electron chi connectivity index (χ0n) is 14.5. The number of aromatic hydroxyl groups is 2. The maximum atomic E-state index is 13.0. The molecular weight excluding hydrogens is 326 g/mol. The van der Waals surface area contributed by atoms with Crippen molar-refractivity contribution in [3.63, 3.8) is 0 Å². The summed E-state index contributed by atoms with van der Waals surface area (Å²) in [5, 5.41) is 21.7. The van der Waals surface area contributed by atoms with Crippen molar-refractivity contribution in [1.82, 2.24) is 4.90 Å². The van der Waals surface area contributed by atoms with E-state index in [1.165, 1.54) is 0 Å². The highest BCUT2D eigenvalue weighted by atomic mass is 16.3. The molecule has 2 N–H and O–H groups in total. The summed E-state index contributed by atoms with van der Waals surface area (Å²) in [7, 11) is 0. The zero-order chi connectivity index (χ0) is 18.1. The molecule has 1 amide bonds. The molecule has 1 fully saturated rings. The Labute approximate surface area is 152 Å². The average molecular weight is 347 g/mol. The SMILES string of the molecule is O=C(c1c(O)ccc2cc(-c3cccc(O)c3)ccc12)N1CCCCC1. The molecule has 1 heterocycles. The van der Waals surface area contributed by atoms with E-state index >= 15 is 0 Å². The van der Waals surface area contributed by atoms with E-state index in [1.54, 1.807) is 24.3 Å². The molecular formula is C22H21NO3. The third kappa shape index (κ3) is 2.99. The molecule has 4 rings (SSSR count). The number of carbonyl (C=O) groups is 1. The molecule has 4 heteroatoms. The second kappa shape index (κ2) is 6.71. The van der Waals surface area contributed by atoms with Gasteiger partial charge in [-0.2, -0.15) is 0 Å². The van der Waals surface area contributed by atoms with Crippen LogP contribution < -0.4 is 0 Å². The molecule has 132 valence electrons. The Balaban J connectivity index is 1.79. The number of likely N-dealkylation sites (tertiary alicyclic amines) is 1. The summed E-state index contributed by atoms with van der Waals surface area (Å²) in [4.78, 5) is 14.8. The first-order valence-electron chi connectivity index (χ1n) is 8.98. The summed E-state index contributed by atoms with van der Waals surface area (Å²) >= 11 is 0. The van der Waals surface area contributed by atoms with E-state index in [0.29, 0.717) is 5.56 Å². The minimum absolute atomic E-state index is 0.0261. The van der Waals surface area contributed by atoms with E-state index in [4.69, 9.17) is 0 Å². The molecule has 0 aliphatic carbocycles. The Kier molecular flexibility index (Phi) is 4.25. The van der Waals surface area contributed by atoms with Gasteiger partial charge in [0.05, 0.1) is 5.56 Å². The molecule has 0 bridgehead atoms. The Morgan fingerprint density at radius 2 is 1.62 bits per heavy atom. The Hall–Kier alpha value is -3.01. The van der Waals surface area contributed by atoms with Crippen molar-refractivity contribution in [2.24, 2.45) is 0 Å². The lowest BCUT2D eigenvalue weighted by Crippen LogP contribution is -2.35. The molecule has 26 heavy (non-hydrogen) atoms. The average Bonchev–Trinajstić information content (AvgIpc) is 2.68. The van der Waals surface area contributed by atoms with E-state index in [-0.39, 0.29) is 17.4 Å². The second-order valence-corrected chi connectivity index (χ2v) is 6.80. The van der Waals surface area contributed by atoms with Crippen LogP contribution in [0.3, 0.4) is 0 Å². The van der Waals surface area contributed by atoms with Crippen molar-refractivity contribution in [2.45, 2.75) is 19.3 Å². The van der Waals surface area contributed by atoms with Crippen LogP contribution in [0.15, 0.2) is 54.6 Å². The monoisotopic (exact) mass is 347 g/mol. The van der Waals surface area contributed by atoms with Gasteiger partial charge in [0.2, 0.25) is 0 Å². The molecule has 0 unspecified atom stereocenters. The maximum Gasteiger partial charge on any atom is 0.258 e. The number of fused-ring (bicyclic) bond motifs is 1. The standard InChI is InChI=1S/C22H21NO3/c24-18-6-4-5-15(14-18)16-7-9-19-17(13-16)8-10-20(25)21(19)22(26)23-11-2-1-3-12-23/h4-10,13-14,24-25H,1-3,11-12H2. The van der Waals surface area contributed by atoms with Crippen LogP contribution in [0.4, 0.5) is 0 Å². The molecule has 3 aromatic carbocycles. The largest absolute Gasteiger partial charge is 0.508 e.